The van der Waals surface area contributed by atoms with Crippen LogP contribution in [0.15, 0.2) is 48.6 Å². The highest BCUT2D eigenvalue weighted by Gasteiger charge is 2.14. The van der Waals surface area contributed by atoms with Gasteiger partial charge in [0.05, 0.1) is 0 Å². The van der Waals surface area contributed by atoms with E-state index in [2.05, 4.69) is 67.8 Å². The van der Waals surface area contributed by atoms with E-state index in [9.17, 15) is 14.4 Å². The second kappa shape index (κ2) is 32.3. The van der Waals surface area contributed by atoms with Crippen LogP contribution in [-0.4, -0.2) is 35.6 Å². The van der Waals surface area contributed by atoms with E-state index < -0.39 is 5.97 Å². The summed E-state index contributed by atoms with van der Waals surface area (Å²) in [7, 11) is 0. The number of hydrogen-bond acceptors (Lipinski definition) is 4. The Hall–Kier alpha value is -2.63. The fourth-order valence-corrected chi connectivity index (χ4v) is 4.74. The number of esters is 1. The van der Waals surface area contributed by atoms with Gasteiger partial charge in [-0.3, -0.25) is 14.4 Å². The average Bonchev–Trinajstić information content (AvgIpc) is 2.99. The molecule has 6 nitrogen and oxygen atoms in total. The number of unbranched alkanes of at least 4 members (excludes halogenated alkanes) is 11. The van der Waals surface area contributed by atoms with Gasteiger partial charge in [-0.15, -0.1) is 0 Å². The van der Waals surface area contributed by atoms with Gasteiger partial charge in [0.15, 0.2) is 0 Å². The summed E-state index contributed by atoms with van der Waals surface area (Å²) in [6.45, 7) is 4.01. The van der Waals surface area contributed by atoms with Crippen molar-refractivity contribution < 1.29 is 24.2 Å². The first kappa shape index (κ1) is 40.4. The molecule has 0 aliphatic rings. The van der Waals surface area contributed by atoms with Gasteiger partial charge < -0.3 is 15.2 Å². The minimum Gasteiger partial charge on any atom is -0.480 e. The molecule has 0 bridgehead atoms. The van der Waals surface area contributed by atoms with Crippen LogP contribution in [0.2, 0.25) is 0 Å². The van der Waals surface area contributed by atoms with Gasteiger partial charge in [0.25, 0.3) is 0 Å². The summed E-state index contributed by atoms with van der Waals surface area (Å²) in [4.78, 5) is 34.7. The molecule has 0 aromatic carbocycles. The number of nitrogens with one attached hydrogen (secondary N) is 1. The van der Waals surface area contributed by atoms with Crippen molar-refractivity contribution in [3.63, 3.8) is 0 Å². The third-order valence-corrected chi connectivity index (χ3v) is 7.27. The zero-order chi connectivity index (χ0) is 31.6. The molecule has 0 spiro atoms. The molecule has 0 saturated heterocycles. The van der Waals surface area contributed by atoms with Crippen LogP contribution in [0.3, 0.4) is 0 Å². The van der Waals surface area contributed by atoms with Crippen molar-refractivity contribution in [1.29, 1.82) is 0 Å². The van der Waals surface area contributed by atoms with Crippen molar-refractivity contribution >= 4 is 17.8 Å². The normalized spacial score (nSPS) is 12.6. The van der Waals surface area contributed by atoms with Crippen LogP contribution in [0, 0.1) is 0 Å². The summed E-state index contributed by atoms with van der Waals surface area (Å²) in [6.07, 6.45) is 39.6. The highest BCUT2D eigenvalue weighted by Crippen LogP contribution is 2.17. The Balaban J connectivity index is 3.91. The molecule has 0 heterocycles. The average molecular weight is 602 g/mol. The van der Waals surface area contributed by atoms with Gasteiger partial charge in [0.1, 0.15) is 12.6 Å². The molecule has 0 aliphatic heterocycles. The lowest BCUT2D eigenvalue weighted by atomic mass is 10.0. The molecule has 0 fully saturated rings. The van der Waals surface area contributed by atoms with E-state index in [4.69, 9.17) is 9.84 Å². The summed E-state index contributed by atoms with van der Waals surface area (Å²) < 4.78 is 5.86. The first-order chi connectivity index (χ1) is 21.0. The number of hydrogen-bond donors (Lipinski definition) is 2. The van der Waals surface area contributed by atoms with E-state index in [1.165, 1.54) is 38.5 Å². The SMILES string of the molecule is CC/C=C\C/C=C\C/C=C\C/C=C\CCCCCCCCC(=O)OC(CCCCCC)CCCCCC(=O)NCC(=O)O. The smallest absolute Gasteiger partial charge is 0.322 e. The molecule has 0 aromatic rings. The van der Waals surface area contributed by atoms with Crippen molar-refractivity contribution in [2.45, 2.75) is 161 Å². The van der Waals surface area contributed by atoms with Gasteiger partial charge >= 0.3 is 11.9 Å². The van der Waals surface area contributed by atoms with Gasteiger partial charge in [-0.05, 0) is 77.0 Å². The largest absolute Gasteiger partial charge is 0.480 e. The molecule has 1 atom stereocenters. The molecule has 0 aliphatic carbocycles. The number of allylic oxidation sites excluding steroid dienone is 8. The zero-order valence-electron chi connectivity index (χ0n) is 27.5. The number of rotatable bonds is 30. The van der Waals surface area contributed by atoms with Gasteiger partial charge in [-0.1, -0.05) is 114 Å². The molecule has 1 amide bonds. The first-order valence-corrected chi connectivity index (χ1v) is 17.3. The Morgan fingerprint density at radius 1 is 0.628 bits per heavy atom. The van der Waals surface area contributed by atoms with Gasteiger partial charge in [0.2, 0.25) is 5.91 Å². The molecule has 0 radical (unpaired) electrons. The topological polar surface area (TPSA) is 92.7 Å². The predicted molar refractivity (Wildman–Crippen MR) is 180 cm³/mol. The van der Waals surface area contributed by atoms with Crippen molar-refractivity contribution in [3.05, 3.63) is 48.6 Å². The van der Waals surface area contributed by atoms with Crippen LogP contribution >= 0.6 is 0 Å². The first-order valence-electron chi connectivity index (χ1n) is 17.3. The summed E-state index contributed by atoms with van der Waals surface area (Å²) >= 11 is 0. The van der Waals surface area contributed by atoms with Gasteiger partial charge in [-0.25, -0.2) is 0 Å². The molecule has 246 valence electrons. The number of carbonyl (C=O) groups is 3. The Morgan fingerprint density at radius 2 is 1.14 bits per heavy atom. The van der Waals surface area contributed by atoms with Crippen molar-refractivity contribution in [2.75, 3.05) is 6.54 Å². The standard InChI is InChI=1S/C37H63NO5/c1-3-5-7-9-10-11-12-13-14-15-16-17-18-19-20-21-22-23-28-32-37(42)43-34(29-25-8-6-4-2)30-26-24-27-31-35(39)38-33-36(40)41/h5,7,10-11,13-14,16-17,34H,3-4,6,8-9,12,15,18-33H2,1-2H3,(H,38,39)(H,40,41)/b7-5-,11-10-,14-13-,17-16-. The van der Waals surface area contributed by atoms with Crippen molar-refractivity contribution in [1.82, 2.24) is 5.32 Å². The third kappa shape index (κ3) is 32.1. The predicted octanol–water partition coefficient (Wildman–Crippen LogP) is 9.95. The number of amides is 1. The number of aliphatic carboxylic acids is 1. The van der Waals surface area contributed by atoms with Crippen molar-refractivity contribution in [3.8, 4) is 0 Å². The van der Waals surface area contributed by atoms with E-state index in [0.29, 0.717) is 19.3 Å². The van der Waals surface area contributed by atoms with Crippen LogP contribution in [0.5, 0.6) is 0 Å². The lowest BCUT2D eigenvalue weighted by Gasteiger charge is -2.18. The molecule has 6 heteroatoms. The number of carboxylic acids is 1. The molecular weight excluding hydrogens is 538 g/mol. The lowest BCUT2D eigenvalue weighted by molar-refractivity contribution is -0.150. The maximum absolute atomic E-state index is 12.5. The number of carbonyl (C=O) groups excluding carboxylic acids is 2. The molecule has 2 N–H and O–H groups in total. The number of carboxylic acid groups (broad SMARTS) is 1. The third-order valence-electron chi connectivity index (χ3n) is 7.27. The lowest BCUT2D eigenvalue weighted by Crippen LogP contribution is -2.28. The molecule has 0 aromatic heterocycles. The zero-order valence-corrected chi connectivity index (χ0v) is 27.5. The van der Waals surface area contributed by atoms with E-state index in [0.717, 1.165) is 83.5 Å². The second-order valence-electron chi connectivity index (χ2n) is 11.4. The maximum Gasteiger partial charge on any atom is 0.322 e. The van der Waals surface area contributed by atoms with Gasteiger partial charge in [0, 0.05) is 12.8 Å². The van der Waals surface area contributed by atoms with Crippen LogP contribution in [0.1, 0.15) is 155 Å². The highest BCUT2D eigenvalue weighted by atomic mass is 16.5. The Labute approximate surface area is 263 Å². The Kier molecular flexibility index (Phi) is 30.3. The molecule has 1 unspecified atom stereocenters. The molecule has 0 saturated carbocycles. The summed E-state index contributed by atoms with van der Waals surface area (Å²) in [5.41, 5.74) is 0. The quantitative estimate of drug-likeness (QED) is 0.0485. The Morgan fingerprint density at radius 3 is 1.74 bits per heavy atom. The van der Waals surface area contributed by atoms with Crippen LogP contribution in [0.4, 0.5) is 0 Å². The van der Waals surface area contributed by atoms with Crippen molar-refractivity contribution in [2.24, 2.45) is 0 Å². The summed E-state index contributed by atoms with van der Waals surface area (Å²) in [5.74, 6) is -1.33. The fourth-order valence-electron chi connectivity index (χ4n) is 4.74. The summed E-state index contributed by atoms with van der Waals surface area (Å²) in [5, 5.41) is 11.0. The fraction of sp³-hybridized carbons (Fsp3) is 0.703. The number of ether oxygens (including phenoxy) is 1. The second-order valence-corrected chi connectivity index (χ2v) is 11.4. The Bertz CT molecular complexity index is 799. The van der Waals surface area contributed by atoms with Crippen LogP contribution in [-0.2, 0) is 19.1 Å². The van der Waals surface area contributed by atoms with E-state index in [1.807, 2.05) is 0 Å². The summed E-state index contributed by atoms with van der Waals surface area (Å²) in [6, 6.07) is 0. The van der Waals surface area contributed by atoms with Crippen LogP contribution in [0.25, 0.3) is 0 Å². The molecule has 0 rings (SSSR count). The van der Waals surface area contributed by atoms with E-state index in [-0.39, 0.29) is 24.5 Å². The van der Waals surface area contributed by atoms with Gasteiger partial charge in [-0.2, -0.15) is 0 Å². The van der Waals surface area contributed by atoms with Crippen LogP contribution < -0.4 is 5.32 Å². The van der Waals surface area contributed by atoms with E-state index >= 15 is 0 Å². The molecule has 43 heavy (non-hydrogen) atoms. The maximum atomic E-state index is 12.5. The minimum absolute atomic E-state index is 0.0384. The minimum atomic E-state index is -1.03. The highest BCUT2D eigenvalue weighted by molar-refractivity contribution is 5.80. The van der Waals surface area contributed by atoms with E-state index in [1.54, 1.807) is 0 Å². The monoisotopic (exact) mass is 601 g/mol. The molecular formula is C37H63NO5.